The van der Waals surface area contributed by atoms with Gasteiger partial charge >= 0.3 is 12.0 Å². The summed E-state index contributed by atoms with van der Waals surface area (Å²) >= 11 is 3.29. The van der Waals surface area contributed by atoms with Gasteiger partial charge in [0, 0.05) is 4.47 Å². The van der Waals surface area contributed by atoms with Crippen molar-refractivity contribution in [2.45, 2.75) is 6.92 Å². The number of ether oxygens (including phenoxy) is 2. The lowest BCUT2D eigenvalue weighted by Gasteiger charge is -2.04. The van der Waals surface area contributed by atoms with Crippen LogP contribution in [0.15, 0.2) is 33.4 Å². The van der Waals surface area contributed by atoms with Crippen LogP contribution < -0.4 is 10.5 Å². The summed E-state index contributed by atoms with van der Waals surface area (Å²) in [6, 6.07) is 5.11. The molecule has 0 fully saturated rings. The Morgan fingerprint density at radius 3 is 3.00 bits per heavy atom. The predicted octanol–water partition coefficient (Wildman–Crippen LogP) is 2.99. The van der Waals surface area contributed by atoms with Crippen LogP contribution in [0, 0.1) is 0 Å². The second-order valence-corrected chi connectivity index (χ2v) is 4.42. The Hall–Kier alpha value is -2.02. The highest BCUT2D eigenvalue weighted by atomic mass is 79.9. The number of carbonyl (C=O) groups is 1. The quantitative estimate of drug-likeness (QED) is 0.686. The van der Waals surface area contributed by atoms with Gasteiger partial charge in [-0.15, -0.1) is 0 Å². The van der Waals surface area contributed by atoms with Crippen LogP contribution >= 0.6 is 15.9 Å². The van der Waals surface area contributed by atoms with Gasteiger partial charge in [0.15, 0.2) is 11.4 Å². The average molecular weight is 327 g/mol. The third-order valence-electron chi connectivity index (χ3n) is 2.14. The first-order valence-corrected chi connectivity index (χ1v) is 6.25. The Kier molecular flexibility index (Phi) is 4.06. The fourth-order valence-electron chi connectivity index (χ4n) is 1.31. The molecule has 7 heteroatoms. The number of hydrogen-bond donors (Lipinski definition) is 1. The minimum absolute atomic E-state index is 0.0486. The molecule has 0 spiro atoms. The zero-order valence-electron chi connectivity index (χ0n) is 10.1. The number of anilines is 1. The lowest BCUT2D eigenvalue weighted by Crippen LogP contribution is -2.04. The molecule has 0 saturated carbocycles. The van der Waals surface area contributed by atoms with E-state index in [1.54, 1.807) is 25.1 Å². The molecule has 0 saturated heterocycles. The fraction of sp³-hybridized carbons (Fsp3) is 0.167. The second kappa shape index (κ2) is 5.75. The van der Waals surface area contributed by atoms with Gasteiger partial charge in [-0.2, -0.15) is 4.98 Å². The molecule has 2 rings (SSSR count). The minimum Gasteiger partial charge on any atom is -0.461 e. The van der Waals surface area contributed by atoms with Crippen molar-refractivity contribution in [3.8, 4) is 11.8 Å². The number of nitrogens with zero attached hydrogens (tertiary/aromatic N) is 1. The number of halogens is 1. The van der Waals surface area contributed by atoms with Crippen molar-refractivity contribution in [3.05, 3.63) is 34.6 Å². The monoisotopic (exact) mass is 326 g/mol. The maximum Gasteiger partial charge on any atom is 0.399 e. The number of carbonyl (C=O) groups excluding carboxylic acids is 1. The molecule has 0 radical (unpaired) electrons. The van der Waals surface area contributed by atoms with E-state index in [2.05, 4.69) is 20.9 Å². The molecule has 0 atom stereocenters. The third-order valence-corrected chi connectivity index (χ3v) is 2.63. The van der Waals surface area contributed by atoms with Gasteiger partial charge in [-0.05, 0) is 25.1 Å². The van der Waals surface area contributed by atoms with Crippen LogP contribution in [0.2, 0.25) is 0 Å². The van der Waals surface area contributed by atoms with E-state index in [0.29, 0.717) is 11.4 Å². The molecule has 1 heterocycles. The van der Waals surface area contributed by atoms with Gasteiger partial charge in [0.25, 0.3) is 0 Å². The van der Waals surface area contributed by atoms with Crippen molar-refractivity contribution >= 4 is 27.6 Å². The standard InChI is InChI=1S/C12H11BrN2O4/c1-2-17-11(16)9-6-18-12(15-9)19-10-4-3-7(13)5-8(10)14/h3-6H,2,14H2,1H3. The Morgan fingerprint density at radius 1 is 1.53 bits per heavy atom. The van der Waals surface area contributed by atoms with Crippen LogP contribution in [-0.4, -0.2) is 17.6 Å². The van der Waals surface area contributed by atoms with Gasteiger partial charge in [-0.3, -0.25) is 0 Å². The Bertz CT molecular complexity index is 597. The SMILES string of the molecule is CCOC(=O)c1coc(Oc2ccc(Br)cc2N)n1. The molecular weight excluding hydrogens is 316 g/mol. The summed E-state index contributed by atoms with van der Waals surface area (Å²) < 4.78 is 16.0. The molecule has 0 amide bonds. The topological polar surface area (TPSA) is 87.6 Å². The second-order valence-electron chi connectivity index (χ2n) is 3.50. The van der Waals surface area contributed by atoms with E-state index in [-0.39, 0.29) is 18.4 Å². The average Bonchev–Trinajstić information content (AvgIpc) is 2.82. The lowest BCUT2D eigenvalue weighted by atomic mass is 10.3. The van der Waals surface area contributed by atoms with Crippen LogP contribution in [0.5, 0.6) is 11.8 Å². The molecule has 2 N–H and O–H groups in total. The summed E-state index contributed by atoms with van der Waals surface area (Å²) in [5.74, 6) is -0.176. The molecule has 2 aromatic rings. The van der Waals surface area contributed by atoms with Crippen LogP contribution in [-0.2, 0) is 4.74 Å². The first kappa shape index (κ1) is 13.4. The van der Waals surface area contributed by atoms with Crippen molar-refractivity contribution in [2.75, 3.05) is 12.3 Å². The highest BCUT2D eigenvalue weighted by Gasteiger charge is 2.15. The molecule has 0 aliphatic heterocycles. The minimum atomic E-state index is -0.565. The number of oxazole rings is 1. The molecule has 0 bridgehead atoms. The van der Waals surface area contributed by atoms with Crippen LogP contribution in [0.3, 0.4) is 0 Å². The highest BCUT2D eigenvalue weighted by Crippen LogP contribution is 2.29. The summed E-state index contributed by atoms with van der Waals surface area (Å²) in [4.78, 5) is 15.2. The van der Waals surface area contributed by atoms with Gasteiger partial charge in [-0.1, -0.05) is 15.9 Å². The Labute approximate surface area is 117 Å². The first-order chi connectivity index (χ1) is 9.10. The number of benzene rings is 1. The van der Waals surface area contributed by atoms with Gasteiger partial charge < -0.3 is 19.6 Å². The van der Waals surface area contributed by atoms with Crippen molar-refractivity contribution in [1.82, 2.24) is 4.98 Å². The molecule has 19 heavy (non-hydrogen) atoms. The number of rotatable bonds is 4. The number of hydrogen-bond acceptors (Lipinski definition) is 6. The van der Waals surface area contributed by atoms with Gasteiger partial charge in [0.2, 0.25) is 0 Å². The molecule has 1 aromatic carbocycles. The van der Waals surface area contributed by atoms with E-state index in [1.165, 1.54) is 6.26 Å². The summed E-state index contributed by atoms with van der Waals surface area (Å²) in [7, 11) is 0. The Morgan fingerprint density at radius 2 is 2.32 bits per heavy atom. The molecule has 0 aliphatic rings. The maximum atomic E-state index is 11.4. The maximum absolute atomic E-state index is 11.4. The van der Waals surface area contributed by atoms with E-state index < -0.39 is 5.97 Å². The Balaban J connectivity index is 2.13. The molecule has 0 aliphatic carbocycles. The van der Waals surface area contributed by atoms with Crippen LogP contribution in [0.25, 0.3) is 0 Å². The molecule has 100 valence electrons. The van der Waals surface area contributed by atoms with Crippen molar-refractivity contribution in [2.24, 2.45) is 0 Å². The summed E-state index contributed by atoms with van der Waals surface area (Å²) in [6.07, 6.45) is 1.10. The molecular formula is C12H11BrN2O4. The normalized spacial score (nSPS) is 10.2. The fourth-order valence-corrected chi connectivity index (χ4v) is 1.69. The molecule has 6 nitrogen and oxygen atoms in total. The molecule has 1 aromatic heterocycles. The summed E-state index contributed by atoms with van der Waals surface area (Å²) in [6.45, 7) is 1.97. The van der Waals surface area contributed by atoms with E-state index in [0.717, 1.165) is 4.47 Å². The summed E-state index contributed by atoms with van der Waals surface area (Å²) in [5.41, 5.74) is 6.24. The number of nitrogens with two attached hydrogens (primary N) is 1. The smallest absolute Gasteiger partial charge is 0.399 e. The number of esters is 1. The number of nitrogen functional groups attached to an aromatic ring is 1. The van der Waals surface area contributed by atoms with Gasteiger partial charge in [0.1, 0.15) is 6.26 Å². The van der Waals surface area contributed by atoms with Crippen molar-refractivity contribution < 1.29 is 18.7 Å². The van der Waals surface area contributed by atoms with Gasteiger partial charge in [0.05, 0.1) is 12.3 Å². The third kappa shape index (κ3) is 3.25. The van der Waals surface area contributed by atoms with Crippen LogP contribution in [0.1, 0.15) is 17.4 Å². The summed E-state index contributed by atoms with van der Waals surface area (Å²) in [5, 5.41) is 0. The predicted molar refractivity (Wildman–Crippen MR) is 71.1 cm³/mol. The number of aromatic nitrogens is 1. The van der Waals surface area contributed by atoms with E-state index in [4.69, 9.17) is 19.6 Å². The largest absolute Gasteiger partial charge is 0.461 e. The van der Waals surface area contributed by atoms with E-state index in [1.807, 2.05) is 0 Å². The molecule has 0 unspecified atom stereocenters. The van der Waals surface area contributed by atoms with Gasteiger partial charge in [-0.25, -0.2) is 4.79 Å². The zero-order valence-corrected chi connectivity index (χ0v) is 11.6. The zero-order chi connectivity index (χ0) is 13.8. The van der Waals surface area contributed by atoms with E-state index in [9.17, 15) is 4.79 Å². The highest BCUT2D eigenvalue weighted by molar-refractivity contribution is 9.10. The van der Waals surface area contributed by atoms with Crippen molar-refractivity contribution in [1.29, 1.82) is 0 Å². The van der Waals surface area contributed by atoms with E-state index >= 15 is 0 Å². The van der Waals surface area contributed by atoms with Crippen LogP contribution in [0.4, 0.5) is 5.69 Å². The van der Waals surface area contributed by atoms with Crippen molar-refractivity contribution in [3.63, 3.8) is 0 Å². The lowest BCUT2D eigenvalue weighted by molar-refractivity contribution is 0.0519. The first-order valence-electron chi connectivity index (χ1n) is 5.45.